The molecule has 178 valence electrons. The number of rotatable bonds is 6. The fraction of sp³-hybridized carbons (Fsp3) is 0.240. The second-order valence-electron chi connectivity index (χ2n) is 8.07. The van der Waals surface area contributed by atoms with Gasteiger partial charge in [0.05, 0.1) is 7.11 Å². The van der Waals surface area contributed by atoms with Crippen LogP contribution in [0.25, 0.3) is 22.8 Å². The van der Waals surface area contributed by atoms with Crippen molar-refractivity contribution in [2.75, 3.05) is 38.2 Å². The van der Waals surface area contributed by atoms with Crippen LogP contribution in [0.15, 0.2) is 67.0 Å². The molecule has 0 N–H and O–H groups in total. The Morgan fingerprint density at radius 1 is 0.971 bits per heavy atom. The quantitative estimate of drug-likeness (QED) is 0.425. The molecule has 2 aromatic carbocycles. The second kappa shape index (κ2) is 9.88. The number of benzene rings is 2. The Hall–Kier alpha value is -4.34. The van der Waals surface area contributed by atoms with Crippen LogP contribution >= 0.6 is 0 Å². The van der Waals surface area contributed by atoms with Gasteiger partial charge in [0, 0.05) is 49.7 Å². The van der Waals surface area contributed by atoms with Crippen molar-refractivity contribution in [2.45, 2.75) is 6.54 Å². The van der Waals surface area contributed by atoms with Gasteiger partial charge in [-0.25, -0.2) is 24.0 Å². The van der Waals surface area contributed by atoms with E-state index in [9.17, 15) is 9.18 Å². The molecule has 2 aromatic heterocycles. The van der Waals surface area contributed by atoms with E-state index in [4.69, 9.17) is 4.74 Å². The van der Waals surface area contributed by atoms with Gasteiger partial charge in [-0.1, -0.05) is 12.1 Å². The maximum Gasteiger partial charge on any atom is 0.244 e. The first-order valence-corrected chi connectivity index (χ1v) is 11.3. The first kappa shape index (κ1) is 22.5. The molecule has 0 radical (unpaired) electrons. The molecule has 10 heteroatoms. The summed E-state index contributed by atoms with van der Waals surface area (Å²) in [6.07, 6.45) is 3.42. The lowest BCUT2D eigenvalue weighted by Gasteiger charge is -2.34. The fourth-order valence-electron chi connectivity index (χ4n) is 3.99. The number of hydrogen-bond acceptors (Lipinski definition) is 7. The van der Waals surface area contributed by atoms with Gasteiger partial charge in [0.25, 0.3) is 0 Å². The van der Waals surface area contributed by atoms with E-state index in [0.717, 1.165) is 5.56 Å². The number of ether oxygens (including phenoxy) is 1. The number of amides is 1. The first-order valence-electron chi connectivity index (χ1n) is 11.3. The molecular weight excluding hydrogens is 449 g/mol. The van der Waals surface area contributed by atoms with E-state index < -0.39 is 0 Å². The summed E-state index contributed by atoms with van der Waals surface area (Å²) < 4.78 is 20.4. The molecule has 4 aromatic rings. The Morgan fingerprint density at radius 3 is 2.43 bits per heavy atom. The lowest BCUT2D eigenvalue weighted by molar-refractivity contribution is -0.132. The van der Waals surface area contributed by atoms with Gasteiger partial charge in [0.15, 0.2) is 11.6 Å². The van der Waals surface area contributed by atoms with E-state index in [2.05, 4.69) is 25.0 Å². The number of hydrogen-bond donors (Lipinski definition) is 0. The molecule has 1 fully saturated rings. The summed E-state index contributed by atoms with van der Waals surface area (Å²) in [5.41, 5.74) is 1.43. The Kier molecular flexibility index (Phi) is 6.34. The van der Waals surface area contributed by atoms with Crippen molar-refractivity contribution in [1.82, 2.24) is 29.6 Å². The number of carbonyl (C=O) groups is 1. The lowest BCUT2D eigenvalue weighted by Crippen LogP contribution is -2.50. The minimum absolute atomic E-state index is 0.0303. The molecule has 0 saturated carbocycles. The maximum atomic E-state index is 13.4. The highest BCUT2D eigenvalue weighted by Gasteiger charge is 2.24. The molecule has 0 unspecified atom stereocenters. The SMILES string of the molecule is COc1cccc(-c2nc(-c3ccc(F)cc3)nn2CC(=O)N2CCN(c3ncccn3)CC2)c1. The van der Waals surface area contributed by atoms with E-state index in [0.29, 0.717) is 55.1 Å². The third kappa shape index (κ3) is 4.96. The molecule has 9 nitrogen and oxygen atoms in total. The van der Waals surface area contributed by atoms with Crippen LogP contribution in [-0.2, 0) is 11.3 Å². The summed E-state index contributed by atoms with van der Waals surface area (Å²) in [6, 6.07) is 15.2. The van der Waals surface area contributed by atoms with E-state index in [1.54, 1.807) is 42.4 Å². The van der Waals surface area contributed by atoms with Crippen molar-refractivity contribution in [2.24, 2.45) is 0 Å². The summed E-state index contributed by atoms with van der Waals surface area (Å²) in [7, 11) is 1.59. The third-order valence-electron chi connectivity index (χ3n) is 5.85. The van der Waals surface area contributed by atoms with Gasteiger partial charge in [-0.05, 0) is 42.5 Å². The van der Waals surface area contributed by atoms with Crippen molar-refractivity contribution >= 4 is 11.9 Å². The smallest absolute Gasteiger partial charge is 0.244 e. The van der Waals surface area contributed by atoms with Crippen molar-refractivity contribution in [3.63, 3.8) is 0 Å². The van der Waals surface area contributed by atoms with Gasteiger partial charge in [-0.15, -0.1) is 5.10 Å². The molecule has 1 amide bonds. The molecule has 1 aliphatic heterocycles. The zero-order chi connectivity index (χ0) is 24.2. The van der Waals surface area contributed by atoms with Crippen LogP contribution in [-0.4, -0.2) is 68.8 Å². The molecule has 0 spiro atoms. The number of anilines is 1. The van der Waals surface area contributed by atoms with Crippen LogP contribution in [0.5, 0.6) is 5.75 Å². The largest absolute Gasteiger partial charge is 0.497 e. The van der Waals surface area contributed by atoms with E-state index in [-0.39, 0.29) is 18.3 Å². The number of nitrogens with zero attached hydrogens (tertiary/aromatic N) is 7. The zero-order valence-corrected chi connectivity index (χ0v) is 19.2. The molecule has 5 rings (SSSR count). The molecule has 1 saturated heterocycles. The van der Waals surface area contributed by atoms with Crippen LogP contribution < -0.4 is 9.64 Å². The average Bonchev–Trinajstić information content (AvgIpc) is 3.33. The maximum absolute atomic E-state index is 13.4. The Morgan fingerprint density at radius 2 is 1.71 bits per heavy atom. The van der Waals surface area contributed by atoms with E-state index in [1.165, 1.54) is 12.1 Å². The molecule has 0 bridgehead atoms. The topological polar surface area (TPSA) is 89.3 Å². The standard InChI is InChI=1S/C25H24FN7O2/c1-35-21-5-2-4-19(16-21)24-29-23(18-6-8-20(26)9-7-18)30-33(24)17-22(34)31-12-14-32(15-13-31)25-27-10-3-11-28-25/h2-11,16H,12-15,17H2,1H3. The Bertz CT molecular complexity index is 1300. The number of carbonyl (C=O) groups excluding carboxylic acids is 1. The summed E-state index contributed by atoms with van der Waals surface area (Å²) in [5, 5.41) is 4.60. The fourth-order valence-corrected chi connectivity index (χ4v) is 3.99. The first-order chi connectivity index (χ1) is 17.1. The van der Waals surface area contributed by atoms with Crippen molar-refractivity contribution in [3.8, 4) is 28.5 Å². The number of aromatic nitrogens is 5. The number of methoxy groups -OCH3 is 1. The van der Waals surface area contributed by atoms with Crippen molar-refractivity contribution in [1.29, 1.82) is 0 Å². The molecule has 3 heterocycles. The van der Waals surface area contributed by atoms with Crippen LogP contribution in [0.4, 0.5) is 10.3 Å². The zero-order valence-electron chi connectivity index (χ0n) is 19.2. The minimum Gasteiger partial charge on any atom is -0.497 e. The van der Waals surface area contributed by atoms with Gasteiger partial charge in [-0.2, -0.15) is 0 Å². The van der Waals surface area contributed by atoms with Crippen LogP contribution in [0, 0.1) is 5.82 Å². The van der Waals surface area contributed by atoms with Crippen molar-refractivity contribution in [3.05, 3.63) is 72.8 Å². The van der Waals surface area contributed by atoms with Crippen LogP contribution in [0.1, 0.15) is 0 Å². The Labute approximate surface area is 201 Å². The molecule has 0 aliphatic carbocycles. The van der Waals surface area contributed by atoms with Crippen molar-refractivity contribution < 1.29 is 13.9 Å². The summed E-state index contributed by atoms with van der Waals surface area (Å²) >= 11 is 0. The van der Waals surface area contributed by atoms with Gasteiger partial charge in [0.2, 0.25) is 11.9 Å². The highest BCUT2D eigenvalue weighted by Crippen LogP contribution is 2.26. The van der Waals surface area contributed by atoms with Gasteiger partial charge < -0.3 is 14.5 Å². The number of halogens is 1. The summed E-state index contributed by atoms with van der Waals surface area (Å²) in [4.78, 5) is 30.4. The summed E-state index contributed by atoms with van der Waals surface area (Å²) in [6.45, 7) is 2.45. The molecule has 35 heavy (non-hydrogen) atoms. The monoisotopic (exact) mass is 473 g/mol. The highest BCUT2D eigenvalue weighted by molar-refractivity contribution is 5.77. The number of piperazine rings is 1. The predicted octanol–water partition coefficient (Wildman–Crippen LogP) is 2.90. The minimum atomic E-state index is -0.337. The summed E-state index contributed by atoms with van der Waals surface area (Å²) in [5.74, 6) is 1.90. The molecular formula is C25H24FN7O2. The molecule has 1 aliphatic rings. The van der Waals surface area contributed by atoms with Crippen LogP contribution in [0.2, 0.25) is 0 Å². The second-order valence-corrected chi connectivity index (χ2v) is 8.07. The lowest BCUT2D eigenvalue weighted by atomic mass is 10.2. The van der Waals surface area contributed by atoms with Gasteiger partial charge in [0.1, 0.15) is 18.1 Å². The predicted molar refractivity (Wildman–Crippen MR) is 128 cm³/mol. The Balaban J connectivity index is 1.38. The van der Waals surface area contributed by atoms with Crippen LogP contribution in [0.3, 0.4) is 0 Å². The van der Waals surface area contributed by atoms with Gasteiger partial charge in [-0.3, -0.25) is 4.79 Å². The van der Waals surface area contributed by atoms with E-state index in [1.807, 2.05) is 29.2 Å². The van der Waals surface area contributed by atoms with E-state index >= 15 is 0 Å². The molecule has 0 atom stereocenters. The normalized spacial score (nSPS) is 13.7. The average molecular weight is 474 g/mol. The third-order valence-corrected chi connectivity index (χ3v) is 5.85. The van der Waals surface area contributed by atoms with Gasteiger partial charge >= 0.3 is 0 Å². The highest BCUT2D eigenvalue weighted by atomic mass is 19.1.